The number of hydrogen-bond acceptors (Lipinski definition) is 3. The lowest BCUT2D eigenvalue weighted by Gasteiger charge is -2.17. The van der Waals surface area contributed by atoms with E-state index in [1.807, 2.05) is 16.9 Å². The topological polar surface area (TPSA) is 63.5 Å². The third-order valence-electron chi connectivity index (χ3n) is 3.38. The minimum absolute atomic E-state index is 0.206. The van der Waals surface area contributed by atoms with Crippen molar-refractivity contribution >= 4 is 5.96 Å². The molecule has 0 saturated carbocycles. The number of benzene rings is 1. The average Bonchev–Trinajstić information content (AvgIpc) is 3.05. The van der Waals surface area contributed by atoms with Crippen molar-refractivity contribution in [3.05, 3.63) is 53.9 Å². The zero-order chi connectivity index (χ0) is 16.5. The third kappa shape index (κ3) is 5.75. The summed E-state index contributed by atoms with van der Waals surface area (Å²) in [5, 5.41) is 10.8. The Labute approximate surface area is 137 Å². The van der Waals surface area contributed by atoms with Gasteiger partial charge in [-0.1, -0.05) is 24.3 Å². The number of aliphatic imine (C=N–C) groups is 1. The first-order chi connectivity index (χ1) is 11.2. The molecule has 0 saturated heterocycles. The van der Waals surface area contributed by atoms with E-state index < -0.39 is 0 Å². The monoisotopic (exact) mass is 315 g/mol. The van der Waals surface area contributed by atoms with Crippen LogP contribution < -0.4 is 10.6 Å². The predicted molar refractivity (Wildman–Crippen MR) is 92.4 cm³/mol. The first-order valence-corrected chi connectivity index (χ1v) is 7.72. The van der Waals surface area contributed by atoms with Crippen molar-refractivity contribution in [1.29, 1.82) is 0 Å². The van der Waals surface area contributed by atoms with Gasteiger partial charge in [0.25, 0.3) is 0 Å². The van der Waals surface area contributed by atoms with Crippen molar-refractivity contribution in [2.45, 2.75) is 26.1 Å². The minimum Gasteiger partial charge on any atom is -0.383 e. The lowest BCUT2D eigenvalue weighted by atomic mass is 10.1. The van der Waals surface area contributed by atoms with Crippen molar-refractivity contribution in [2.75, 3.05) is 20.8 Å². The summed E-state index contributed by atoms with van der Waals surface area (Å²) in [6.45, 7) is 4.19. The van der Waals surface area contributed by atoms with Crippen LogP contribution in [0, 0.1) is 0 Å². The molecule has 0 aliphatic rings. The average molecular weight is 315 g/mol. The van der Waals surface area contributed by atoms with Crippen molar-refractivity contribution in [3.63, 3.8) is 0 Å². The molecule has 1 heterocycles. The Hall–Kier alpha value is -2.34. The lowest BCUT2D eigenvalue weighted by Crippen LogP contribution is -2.43. The lowest BCUT2D eigenvalue weighted by molar-refractivity contribution is 0.179. The van der Waals surface area contributed by atoms with Gasteiger partial charge in [0, 0.05) is 39.1 Å². The highest BCUT2D eigenvalue weighted by atomic mass is 16.5. The second-order valence-electron chi connectivity index (χ2n) is 5.45. The summed E-state index contributed by atoms with van der Waals surface area (Å²) < 4.78 is 7.04. The Morgan fingerprint density at radius 2 is 2.17 bits per heavy atom. The number of nitrogens with zero attached hydrogens (tertiary/aromatic N) is 3. The molecule has 1 atom stereocenters. The number of guanidine groups is 1. The molecule has 0 aliphatic heterocycles. The molecule has 0 amide bonds. The van der Waals surface area contributed by atoms with Crippen molar-refractivity contribution in [2.24, 2.45) is 4.99 Å². The summed E-state index contributed by atoms with van der Waals surface area (Å²) in [6, 6.07) is 10.6. The van der Waals surface area contributed by atoms with Crippen LogP contribution in [0.5, 0.6) is 0 Å². The van der Waals surface area contributed by atoms with Crippen LogP contribution in [0.4, 0.5) is 0 Å². The number of hydrogen-bond donors (Lipinski definition) is 2. The molecule has 0 bridgehead atoms. The van der Waals surface area contributed by atoms with Gasteiger partial charge in [-0.25, -0.2) is 0 Å². The van der Waals surface area contributed by atoms with Gasteiger partial charge in [0.15, 0.2) is 5.96 Å². The van der Waals surface area contributed by atoms with Crippen LogP contribution in [0.15, 0.2) is 47.7 Å². The molecule has 0 aliphatic carbocycles. The van der Waals surface area contributed by atoms with Crippen LogP contribution >= 0.6 is 0 Å². The number of methoxy groups -OCH3 is 1. The molecule has 0 spiro atoms. The van der Waals surface area contributed by atoms with Gasteiger partial charge in [-0.3, -0.25) is 9.67 Å². The summed E-state index contributed by atoms with van der Waals surface area (Å²) in [5.74, 6) is 0.770. The Morgan fingerprint density at radius 3 is 2.87 bits per heavy atom. The maximum atomic E-state index is 5.12. The molecule has 0 radical (unpaired) electrons. The Balaban J connectivity index is 1.89. The van der Waals surface area contributed by atoms with Gasteiger partial charge in [0.05, 0.1) is 13.2 Å². The summed E-state index contributed by atoms with van der Waals surface area (Å²) >= 11 is 0. The van der Waals surface area contributed by atoms with Crippen molar-refractivity contribution < 1.29 is 4.74 Å². The molecular weight excluding hydrogens is 290 g/mol. The van der Waals surface area contributed by atoms with E-state index in [1.165, 1.54) is 11.1 Å². The predicted octanol–water partition coefficient (Wildman–Crippen LogP) is 1.63. The minimum atomic E-state index is 0.206. The smallest absolute Gasteiger partial charge is 0.191 e. The van der Waals surface area contributed by atoms with Crippen LogP contribution in [0.2, 0.25) is 0 Å². The van der Waals surface area contributed by atoms with E-state index in [9.17, 15) is 0 Å². The molecule has 1 unspecified atom stereocenters. The highest BCUT2D eigenvalue weighted by Crippen LogP contribution is 2.07. The summed E-state index contributed by atoms with van der Waals surface area (Å²) in [7, 11) is 3.46. The molecule has 0 fully saturated rings. The van der Waals surface area contributed by atoms with Gasteiger partial charge < -0.3 is 15.4 Å². The van der Waals surface area contributed by atoms with Gasteiger partial charge in [0.1, 0.15) is 0 Å². The largest absolute Gasteiger partial charge is 0.383 e. The zero-order valence-electron chi connectivity index (χ0n) is 14.0. The molecule has 6 nitrogen and oxygen atoms in total. The molecule has 6 heteroatoms. The normalized spacial score (nSPS) is 12.9. The van der Waals surface area contributed by atoms with Crippen LogP contribution in [-0.2, 0) is 17.8 Å². The quantitative estimate of drug-likeness (QED) is 0.602. The van der Waals surface area contributed by atoms with Crippen molar-refractivity contribution in [3.8, 4) is 0 Å². The van der Waals surface area contributed by atoms with E-state index in [0.29, 0.717) is 13.2 Å². The van der Waals surface area contributed by atoms with E-state index >= 15 is 0 Å². The van der Waals surface area contributed by atoms with E-state index in [0.717, 1.165) is 12.5 Å². The Kier molecular flexibility index (Phi) is 6.62. The van der Waals surface area contributed by atoms with Gasteiger partial charge in [-0.2, -0.15) is 5.10 Å². The molecule has 1 aromatic heterocycles. The van der Waals surface area contributed by atoms with Crippen LogP contribution in [-0.4, -0.2) is 42.5 Å². The van der Waals surface area contributed by atoms with Crippen LogP contribution in [0.3, 0.4) is 0 Å². The fraction of sp³-hybridized carbons (Fsp3) is 0.412. The maximum absolute atomic E-state index is 5.12. The van der Waals surface area contributed by atoms with E-state index in [1.54, 1.807) is 20.4 Å². The standard InChI is InChI=1S/C17H25N5O/c1-14(13-23-3)21-17(18-2)19-11-15-6-4-7-16(10-15)12-22-9-5-8-20-22/h4-10,14H,11-13H2,1-3H3,(H2,18,19,21). The Bertz CT molecular complexity index is 609. The van der Waals surface area contributed by atoms with Gasteiger partial charge in [0.2, 0.25) is 0 Å². The van der Waals surface area contributed by atoms with Gasteiger partial charge in [-0.15, -0.1) is 0 Å². The van der Waals surface area contributed by atoms with Crippen LogP contribution in [0.25, 0.3) is 0 Å². The molecule has 2 N–H and O–H groups in total. The summed E-state index contributed by atoms with van der Waals surface area (Å²) in [5.41, 5.74) is 2.43. The third-order valence-corrected chi connectivity index (χ3v) is 3.38. The first kappa shape index (κ1) is 17.0. The van der Waals surface area contributed by atoms with Crippen LogP contribution in [0.1, 0.15) is 18.1 Å². The number of rotatable bonds is 7. The summed E-state index contributed by atoms with van der Waals surface area (Å²) in [6.07, 6.45) is 3.76. The van der Waals surface area contributed by atoms with Gasteiger partial charge >= 0.3 is 0 Å². The molecule has 23 heavy (non-hydrogen) atoms. The first-order valence-electron chi connectivity index (χ1n) is 7.72. The SMILES string of the molecule is CN=C(NCc1cccc(Cn2cccn2)c1)NC(C)COC. The molecule has 2 rings (SSSR count). The second kappa shape index (κ2) is 8.95. The maximum Gasteiger partial charge on any atom is 0.191 e. The zero-order valence-corrected chi connectivity index (χ0v) is 14.0. The molecular formula is C17H25N5O. The molecule has 124 valence electrons. The fourth-order valence-corrected chi connectivity index (χ4v) is 2.32. The van der Waals surface area contributed by atoms with Crippen molar-refractivity contribution in [1.82, 2.24) is 20.4 Å². The summed E-state index contributed by atoms with van der Waals surface area (Å²) in [4.78, 5) is 4.23. The highest BCUT2D eigenvalue weighted by molar-refractivity contribution is 5.79. The molecule has 1 aromatic carbocycles. The number of aromatic nitrogens is 2. The Morgan fingerprint density at radius 1 is 1.35 bits per heavy atom. The van der Waals surface area contributed by atoms with E-state index in [4.69, 9.17) is 4.74 Å². The number of ether oxygens (including phenoxy) is 1. The van der Waals surface area contributed by atoms with E-state index in [2.05, 4.69) is 51.9 Å². The number of nitrogens with one attached hydrogen (secondary N) is 2. The van der Waals surface area contributed by atoms with E-state index in [-0.39, 0.29) is 6.04 Å². The highest BCUT2D eigenvalue weighted by Gasteiger charge is 2.05. The van der Waals surface area contributed by atoms with Gasteiger partial charge in [-0.05, 0) is 24.1 Å². The second-order valence-corrected chi connectivity index (χ2v) is 5.45. The molecule has 2 aromatic rings. The fourth-order valence-electron chi connectivity index (χ4n) is 2.32.